The number of carbonyl (C=O) groups excluding carboxylic acids is 1. The van der Waals surface area contributed by atoms with Crippen LogP contribution in [-0.4, -0.2) is 53.7 Å². The Kier molecular flexibility index (Phi) is 4.74. The number of carbonyl (C=O) groups is 1. The number of fused-ring (bicyclic) bond motifs is 1. The van der Waals surface area contributed by atoms with Gasteiger partial charge in [0.1, 0.15) is 17.7 Å². The zero-order chi connectivity index (χ0) is 19.0. The second-order valence-electron chi connectivity index (χ2n) is 7.29. The molecule has 4 rings (SSSR count). The van der Waals surface area contributed by atoms with Crippen molar-refractivity contribution < 1.29 is 14.6 Å². The minimum Gasteiger partial charge on any atom is -0.490 e. The van der Waals surface area contributed by atoms with Gasteiger partial charge in [-0.05, 0) is 30.7 Å². The molecule has 27 heavy (non-hydrogen) atoms. The van der Waals surface area contributed by atoms with Crippen LogP contribution in [0.15, 0.2) is 36.4 Å². The maximum atomic E-state index is 12.4. The van der Waals surface area contributed by atoms with Gasteiger partial charge in [-0.15, -0.1) is 0 Å². The van der Waals surface area contributed by atoms with E-state index >= 15 is 0 Å². The molecule has 2 aliphatic heterocycles. The quantitative estimate of drug-likeness (QED) is 0.900. The van der Waals surface area contributed by atoms with Gasteiger partial charge in [-0.2, -0.15) is 0 Å². The van der Waals surface area contributed by atoms with Crippen molar-refractivity contribution in [3.8, 4) is 5.75 Å². The van der Waals surface area contributed by atoms with E-state index in [-0.39, 0.29) is 24.7 Å². The standard InChI is InChI=1S/C21H25N3O3/c1-14-12-17-19(18(13-25)23(2)21(17)26)22-20(14)24-10-8-16(9-11-24)27-15-6-4-3-5-7-15/h3-7,12,16,18,25H,8-11,13H2,1-2H3. The van der Waals surface area contributed by atoms with Crippen molar-refractivity contribution in [3.05, 3.63) is 53.2 Å². The third-order valence-corrected chi connectivity index (χ3v) is 5.51. The SMILES string of the molecule is Cc1cc2c(nc1N1CCC(Oc3ccccc3)CC1)C(CO)N(C)C2=O. The molecule has 0 bridgehead atoms. The second kappa shape index (κ2) is 7.19. The number of para-hydroxylation sites is 1. The molecule has 6 nitrogen and oxygen atoms in total. The molecule has 1 atom stereocenters. The van der Waals surface area contributed by atoms with Crippen molar-refractivity contribution >= 4 is 11.7 Å². The number of aromatic nitrogens is 1. The molecular formula is C21H25N3O3. The number of aryl methyl sites for hydroxylation is 1. The molecule has 1 amide bonds. The highest BCUT2D eigenvalue weighted by Crippen LogP contribution is 2.34. The fraction of sp³-hybridized carbons (Fsp3) is 0.429. The number of hydrogen-bond donors (Lipinski definition) is 1. The van der Waals surface area contributed by atoms with E-state index < -0.39 is 0 Å². The minimum absolute atomic E-state index is 0.0684. The first-order chi connectivity index (χ1) is 13.1. The van der Waals surface area contributed by atoms with E-state index in [1.165, 1.54) is 0 Å². The summed E-state index contributed by atoms with van der Waals surface area (Å²) in [5, 5.41) is 9.68. The zero-order valence-corrected chi connectivity index (χ0v) is 15.8. The first-order valence-corrected chi connectivity index (χ1v) is 9.44. The molecule has 0 radical (unpaired) electrons. The average molecular weight is 367 g/mol. The van der Waals surface area contributed by atoms with Gasteiger partial charge < -0.3 is 19.6 Å². The summed E-state index contributed by atoms with van der Waals surface area (Å²) in [6, 6.07) is 11.5. The molecule has 0 aliphatic carbocycles. The summed E-state index contributed by atoms with van der Waals surface area (Å²) in [6.45, 7) is 3.60. The highest BCUT2D eigenvalue weighted by molar-refractivity contribution is 5.99. The van der Waals surface area contributed by atoms with Crippen LogP contribution in [0, 0.1) is 6.92 Å². The van der Waals surface area contributed by atoms with Gasteiger partial charge in [0.05, 0.1) is 23.9 Å². The summed E-state index contributed by atoms with van der Waals surface area (Å²) >= 11 is 0. The van der Waals surface area contributed by atoms with Gasteiger partial charge in [-0.3, -0.25) is 4.79 Å². The van der Waals surface area contributed by atoms with Gasteiger partial charge in [-0.1, -0.05) is 18.2 Å². The van der Waals surface area contributed by atoms with Crippen molar-refractivity contribution in [2.45, 2.75) is 31.9 Å². The molecule has 6 heteroatoms. The molecule has 0 spiro atoms. The highest BCUT2D eigenvalue weighted by atomic mass is 16.5. The summed E-state index contributed by atoms with van der Waals surface area (Å²) in [5.41, 5.74) is 2.30. The van der Waals surface area contributed by atoms with Crippen molar-refractivity contribution in [2.75, 3.05) is 31.6 Å². The summed E-state index contributed by atoms with van der Waals surface area (Å²) in [7, 11) is 1.71. The Hall–Kier alpha value is -2.60. The molecule has 1 unspecified atom stereocenters. The average Bonchev–Trinajstić information content (AvgIpc) is 2.92. The van der Waals surface area contributed by atoms with Crippen LogP contribution in [0.4, 0.5) is 5.82 Å². The highest BCUT2D eigenvalue weighted by Gasteiger charge is 2.36. The van der Waals surface area contributed by atoms with E-state index in [1.54, 1.807) is 11.9 Å². The van der Waals surface area contributed by atoms with Gasteiger partial charge in [0, 0.05) is 33.0 Å². The maximum Gasteiger partial charge on any atom is 0.256 e. The van der Waals surface area contributed by atoms with Crippen molar-refractivity contribution in [2.24, 2.45) is 0 Å². The summed E-state index contributed by atoms with van der Waals surface area (Å²) in [6.07, 6.45) is 2.06. The molecule has 3 heterocycles. The lowest BCUT2D eigenvalue weighted by molar-refractivity contribution is 0.0715. The molecule has 2 aromatic rings. The Morgan fingerprint density at radius 2 is 1.93 bits per heavy atom. The smallest absolute Gasteiger partial charge is 0.256 e. The monoisotopic (exact) mass is 367 g/mol. The number of aliphatic hydroxyl groups excluding tert-OH is 1. The number of rotatable bonds is 4. The van der Waals surface area contributed by atoms with E-state index in [4.69, 9.17) is 9.72 Å². The molecule has 1 saturated heterocycles. The Labute approximate surface area is 159 Å². The van der Waals surface area contributed by atoms with Crippen LogP contribution in [0.2, 0.25) is 0 Å². The number of benzene rings is 1. The predicted octanol–water partition coefficient (Wildman–Crippen LogP) is 2.56. The van der Waals surface area contributed by atoms with E-state index in [1.807, 2.05) is 43.3 Å². The fourth-order valence-corrected chi connectivity index (χ4v) is 3.96. The molecule has 142 valence electrons. The Morgan fingerprint density at radius 3 is 2.59 bits per heavy atom. The number of ether oxygens (including phenoxy) is 1. The van der Waals surface area contributed by atoms with E-state index in [9.17, 15) is 9.90 Å². The van der Waals surface area contributed by atoms with Crippen molar-refractivity contribution in [3.63, 3.8) is 0 Å². The summed E-state index contributed by atoms with van der Waals surface area (Å²) < 4.78 is 6.07. The number of likely N-dealkylation sites (N-methyl/N-ethyl adjacent to an activating group) is 1. The van der Waals surface area contributed by atoms with Crippen LogP contribution in [0.3, 0.4) is 0 Å². The van der Waals surface area contributed by atoms with Crippen LogP contribution in [0.5, 0.6) is 5.75 Å². The number of anilines is 1. The van der Waals surface area contributed by atoms with Gasteiger partial charge >= 0.3 is 0 Å². The first-order valence-electron chi connectivity index (χ1n) is 9.44. The Balaban J connectivity index is 1.49. The van der Waals surface area contributed by atoms with Crippen LogP contribution >= 0.6 is 0 Å². The molecule has 1 aromatic heterocycles. The number of amides is 1. The molecular weight excluding hydrogens is 342 g/mol. The lowest BCUT2D eigenvalue weighted by atomic mass is 10.1. The molecule has 1 aromatic carbocycles. The number of piperidine rings is 1. The van der Waals surface area contributed by atoms with E-state index in [0.29, 0.717) is 11.3 Å². The summed E-state index contributed by atoms with van der Waals surface area (Å²) in [4.78, 5) is 21.0. The first kappa shape index (κ1) is 17.8. The van der Waals surface area contributed by atoms with Crippen LogP contribution < -0.4 is 9.64 Å². The minimum atomic E-state index is -0.356. The molecule has 1 fully saturated rings. The molecule has 1 N–H and O–H groups in total. The lowest BCUT2D eigenvalue weighted by Crippen LogP contribution is -2.39. The van der Waals surface area contributed by atoms with E-state index in [2.05, 4.69) is 4.90 Å². The zero-order valence-electron chi connectivity index (χ0n) is 15.8. The number of aliphatic hydroxyl groups is 1. The predicted molar refractivity (Wildman–Crippen MR) is 103 cm³/mol. The van der Waals surface area contributed by atoms with Crippen LogP contribution in [0.1, 0.15) is 40.5 Å². The number of pyridine rings is 1. The van der Waals surface area contributed by atoms with Gasteiger partial charge in [0.15, 0.2) is 0 Å². The van der Waals surface area contributed by atoms with Crippen molar-refractivity contribution in [1.29, 1.82) is 0 Å². The normalized spacial score (nSPS) is 20.1. The van der Waals surface area contributed by atoms with Crippen LogP contribution in [0.25, 0.3) is 0 Å². The Bertz CT molecular complexity index is 832. The lowest BCUT2D eigenvalue weighted by Gasteiger charge is -2.34. The van der Waals surface area contributed by atoms with Crippen molar-refractivity contribution in [1.82, 2.24) is 9.88 Å². The Morgan fingerprint density at radius 1 is 1.22 bits per heavy atom. The third kappa shape index (κ3) is 3.25. The van der Waals surface area contributed by atoms with Gasteiger partial charge in [0.2, 0.25) is 0 Å². The number of nitrogens with zero attached hydrogens (tertiary/aromatic N) is 3. The van der Waals surface area contributed by atoms with Gasteiger partial charge in [-0.25, -0.2) is 4.98 Å². The van der Waals surface area contributed by atoms with Crippen LogP contribution in [-0.2, 0) is 0 Å². The largest absolute Gasteiger partial charge is 0.490 e. The summed E-state index contributed by atoms with van der Waals surface area (Å²) in [5.74, 6) is 1.75. The fourth-order valence-electron chi connectivity index (χ4n) is 3.96. The maximum absolute atomic E-state index is 12.4. The third-order valence-electron chi connectivity index (χ3n) is 5.51. The molecule has 2 aliphatic rings. The molecule has 0 saturated carbocycles. The topological polar surface area (TPSA) is 65.9 Å². The second-order valence-corrected chi connectivity index (χ2v) is 7.29. The van der Waals surface area contributed by atoms with Gasteiger partial charge in [0.25, 0.3) is 5.91 Å². The van der Waals surface area contributed by atoms with E-state index in [0.717, 1.165) is 43.1 Å². The number of hydrogen-bond acceptors (Lipinski definition) is 5.